The van der Waals surface area contributed by atoms with Crippen LogP contribution in [0.5, 0.6) is 0 Å². The van der Waals surface area contributed by atoms with Gasteiger partial charge in [0.25, 0.3) is 0 Å². The van der Waals surface area contributed by atoms with E-state index in [0.717, 1.165) is 50.5 Å². The van der Waals surface area contributed by atoms with Gasteiger partial charge in [-0.05, 0) is 44.7 Å². The average molecular weight is 252 g/mol. The predicted molar refractivity (Wildman–Crippen MR) is 70.1 cm³/mol. The zero-order valence-corrected chi connectivity index (χ0v) is 11.7. The lowest BCUT2D eigenvalue weighted by Crippen LogP contribution is -2.41. The van der Waals surface area contributed by atoms with Crippen molar-refractivity contribution in [2.24, 2.45) is 12.5 Å². The smallest absolute Gasteiger partial charge is 0.146 e. The second-order valence-corrected chi connectivity index (χ2v) is 5.51. The molecule has 1 saturated heterocycles. The van der Waals surface area contributed by atoms with Gasteiger partial charge >= 0.3 is 0 Å². The van der Waals surface area contributed by atoms with Crippen LogP contribution in [0, 0.1) is 12.3 Å². The first-order chi connectivity index (χ1) is 8.60. The number of rotatable bonds is 4. The number of hydrogen-bond acceptors (Lipinski definition) is 4. The van der Waals surface area contributed by atoms with Gasteiger partial charge in [0.05, 0.1) is 6.54 Å². The number of piperidine rings is 1. The molecular weight excluding hydrogens is 228 g/mol. The summed E-state index contributed by atoms with van der Waals surface area (Å²) in [5.41, 5.74) is 0.159. The Kier molecular flexibility index (Phi) is 4.02. The van der Waals surface area contributed by atoms with Gasteiger partial charge in [-0.25, -0.2) is 0 Å². The largest absolute Gasteiger partial charge is 0.396 e. The molecule has 0 atom stereocenters. The van der Waals surface area contributed by atoms with Gasteiger partial charge in [-0.3, -0.25) is 4.90 Å². The molecule has 0 radical (unpaired) electrons. The molecule has 5 heteroatoms. The number of aliphatic hydroxyl groups is 1. The van der Waals surface area contributed by atoms with Crippen LogP contribution in [0.15, 0.2) is 0 Å². The average Bonchev–Trinajstić information content (AvgIpc) is 2.72. The molecule has 0 bridgehead atoms. The summed E-state index contributed by atoms with van der Waals surface area (Å²) in [5, 5.41) is 17.8. The van der Waals surface area contributed by atoms with E-state index >= 15 is 0 Å². The lowest BCUT2D eigenvalue weighted by molar-refractivity contribution is 0.0371. The van der Waals surface area contributed by atoms with Crippen molar-refractivity contribution in [1.29, 1.82) is 0 Å². The van der Waals surface area contributed by atoms with E-state index in [0.29, 0.717) is 6.61 Å². The molecule has 0 saturated carbocycles. The van der Waals surface area contributed by atoms with Crippen LogP contribution in [0.3, 0.4) is 0 Å². The van der Waals surface area contributed by atoms with Crippen molar-refractivity contribution in [3.05, 3.63) is 11.6 Å². The Labute approximate surface area is 109 Å². The van der Waals surface area contributed by atoms with Gasteiger partial charge in [0.1, 0.15) is 11.6 Å². The van der Waals surface area contributed by atoms with E-state index < -0.39 is 0 Å². The molecule has 1 fully saturated rings. The van der Waals surface area contributed by atoms with Gasteiger partial charge in [-0.2, -0.15) is 0 Å². The van der Waals surface area contributed by atoms with Crippen LogP contribution in [-0.2, 0) is 13.6 Å². The molecular formula is C13H24N4O. The standard InChI is InChI=1S/C13H24N4O/c1-4-13(10-18)5-7-17(8-6-13)9-12-15-14-11(2)16(12)3/h18H,4-10H2,1-3H3. The monoisotopic (exact) mass is 252 g/mol. The summed E-state index contributed by atoms with van der Waals surface area (Å²) in [7, 11) is 2.01. The fourth-order valence-electron chi connectivity index (χ4n) is 2.60. The third-order valence-electron chi connectivity index (χ3n) is 4.55. The zero-order valence-electron chi connectivity index (χ0n) is 11.7. The van der Waals surface area contributed by atoms with Crippen LogP contribution in [-0.4, -0.2) is 44.5 Å². The molecule has 1 aliphatic heterocycles. The Bertz CT molecular complexity index is 388. The van der Waals surface area contributed by atoms with Crippen LogP contribution in [0.4, 0.5) is 0 Å². The third-order valence-corrected chi connectivity index (χ3v) is 4.55. The molecule has 1 aromatic rings. The van der Waals surface area contributed by atoms with Crippen molar-refractivity contribution < 1.29 is 5.11 Å². The molecule has 1 aromatic heterocycles. The maximum absolute atomic E-state index is 9.52. The molecule has 5 nitrogen and oxygen atoms in total. The van der Waals surface area contributed by atoms with Crippen LogP contribution in [0.1, 0.15) is 37.8 Å². The van der Waals surface area contributed by atoms with Crippen molar-refractivity contribution >= 4 is 0 Å². The molecule has 0 amide bonds. The quantitative estimate of drug-likeness (QED) is 0.872. The van der Waals surface area contributed by atoms with Crippen molar-refractivity contribution in [3.8, 4) is 0 Å². The highest BCUT2D eigenvalue weighted by molar-refractivity contribution is 4.94. The first-order valence-electron chi connectivity index (χ1n) is 6.78. The van der Waals surface area contributed by atoms with Gasteiger partial charge in [-0.1, -0.05) is 6.92 Å². The minimum atomic E-state index is 0.159. The summed E-state index contributed by atoms with van der Waals surface area (Å²) in [6.45, 7) is 7.42. The SMILES string of the molecule is CCC1(CO)CCN(Cc2nnc(C)n2C)CC1. The van der Waals surface area contributed by atoms with Crippen molar-refractivity contribution in [2.75, 3.05) is 19.7 Å². The first-order valence-corrected chi connectivity index (χ1v) is 6.78. The summed E-state index contributed by atoms with van der Waals surface area (Å²) < 4.78 is 2.05. The molecule has 2 heterocycles. The second-order valence-electron chi connectivity index (χ2n) is 5.51. The third kappa shape index (κ3) is 2.57. The molecule has 0 aliphatic carbocycles. The number of aliphatic hydroxyl groups excluding tert-OH is 1. The van der Waals surface area contributed by atoms with Crippen molar-refractivity contribution in [2.45, 2.75) is 39.7 Å². The number of likely N-dealkylation sites (tertiary alicyclic amines) is 1. The highest BCUT2D eigenvalue weighted by atomic mass is 16.3. The Hall–Kier alpha value is -0.940. The Morgan fingerprint density at radius 1 is 1.28 bits per heavy atom. The fourth-order valence-corrected chi connectivity index (χ4v) is 2.60. The van der Waals surface area contributed by atoms with Crippen LogP contribution < -0.4 is 0 Å². The topological polar surface area (TPSA) is 54.2 Å². The van der Waals surface area contributed by atoms with E-state index in [1.165, 1.54) is 0 Å². The minimum Gasteiger partial charge on any atom is -0.396 e. The number of nitrogens with zero attached hydrogens (tertiary/aromatic N) is 4. The zero-order chi connectivity index (χ0) is 13.2. The first kappa shape index (κ1) is 13.5. The summed E-state index contributed by atoms with van der Waals surface area (Å²) in [4.78, 5) is 2.41. The van der Waals surface area contributed by atoms with Gasteiger partial charge in [0, 0.05) is 13.7 Å². The summed E-state index contributed by atoms with van der Waals surface area (Å²) >= 11 is 0. The van der Waals surface area contributed by atoms with Gasteiger partial charge in [0.2, 0.25) is 0 Å². The van der Waals surface area contributed by atoms with Gasteiger partial charge in [-0.15, -0.1) is 10.2 Å². The lowest BCUT2D eigenvalue weighted by Gasteiger charge is -2.40. The summed E-state index contributed by atoms with van der Waals surface area (Å²) in [6.07, 6.45) is 3.23. The number of hydrogen-bond donors (Lipinski definition) is 1. The normalized spacial score (nSPS) is 20.2. The van der Waals surface area contributed by atoms with E-state index in [1.807, 2.05) is 18.5 Å². The maximum Gasteiger partial charge on any atom is 0.146 e. The van der Waals surface area contributed by atoms with Crippen molar-refractivity contribution in [3.63, 3.8) is 0 Å². The Balaban J connectivity index is 1.93. The molecule has 2 rings (SSSR count). The molecule has 102 valence electrons. The predicted octanol–water partition coefficient (Wildman–Crippen LogP) is 1.11. The molecule has 18 heavy (non-hydrogen) atoms. The van der Waals surface area contributed by atoms with Crippen LogP contribution in [0.25, 0.3) is 0 Å². The molecule has 0 spiro atoms. The van der Waals surface area contributed by atoms with Gasteiger partial charge in [0.15, 0.2) is 0 Å². The highest BCUT2D eigenvalue weighted by Gasteiger charge is 2.32. The lowest BCUT2D eigenvalue weighted by atomic mass is 9.77. The maximum atomic E-state index is 9.52. The van der Waals surface area contributed by atoms with Crippen LogP contribution >= 0.6 is 0 Å². The molecule has 0 aromatic carbocycles. The second kappa shape index (κ2) is 5.36. The van der Waals surface area contributed by atoms with E-state index in [1.54, 1.807) is 0 Å². The Morgan fingerprint density at radius 2 is 1.94 bits per heavy atom. The van der Waals surface area contributed by atoms with E-state index in [2.05, 4.69) is 22.0 Å². The number of aryl methyl sites for hydroxylation is 1. The molecule has 1 aliphatic rings. The van der Waals surface area contributed by atoms with E-state index in [-0.39, 0.29) is 5.41 Å². The number of aromatic nitrogens is 3. The summed E-state index contributed by atoms with van der Waals surface area (Å²) in [5.74, 6) is 1.99. The minimum absolute atomic E-state index is 0.159. The Morgan fingerprint density at radius 3 is 2.39 bits per heavy atom. The molecule has 0 unspecified atom stereocenters. The van der Waals surface area contributed by atoms with Crippen LogP contribution in [0.2, 0.25) is 0 Å². The fraction of sp³-hybridized carbons (Fsp3) is 0.846. The van der Waals surface area contributed by atoms with E-state index in [4.69, 9.17) is 0 Å². The van der Waals surface area contributed by atoms with Crippen molar-refractivity contribution in [1.82, 2.24) is 19.7 Å². The highest BCUT2D eigenvalue weighted by Crippen LogP contribution is 2.34. The van der Waals surface area contributed by atoms with E-state index in [9.17, 15) is 5.11 Å². The summed E-state index contributed by atoms with van der Waals surface area (Å²) in [6, 6.07) is 0. The van der Waals surface area contributed by atoms with Gasteiger partial charge < -0.3 is 9.67 Å². The molecule has 1 N–H and O–H groups in total.